The van der Waals surface area contributed by atoms with Crippen molar-refractivity contribution in [1.29, 1.82) is 0 Å². The van der Waals surface area contributed by atoms with E-state index in [0.717, 1.165) is 37.3 Å². The zero-order valence-electron chi connectivity index (χ0n) is 17.0. The van der Waals surface area contributed by atoms with E-state index in [1.165, 1.54) is 11.8 Å². The van der Waals surface area contributed by atoms with Crippen molar-refractivity contribution >= 4 is 23.1 Å². The normalized spacial score (nSPS) is 14.4. The van der Waals surface area contributed by atoms with Gasteiger partial charge in [-0.15, -0.1) is 0 Å². The molecule has 0 spiro atoms. The number of nitrogens with one attached hydrogen (secondary N) is 2. The average Bonchev–Trinajstić information content (AvgIpc) is 3.18. The van der Waals surface area contributed by atoms with Gasteiger partial charge in [0.05, 0.1) is 17.4 Å². The molecule has 8 heteroatoms. The lowest BCUT2D eigenvalue weighted by atomic mass is 9.92. The Labute approximate surface area is 175 Å². The van der Waals surface area contributed by atoms with Crippen molar-refractivity contribution in [3.8, 4) is 0 Å². The molecule has 4 rings (SSSR count). The van der Waals surface area contributed by atoms with Crippen LogP contribution in [0.3, 0.4) is 0 Å². The van der Waals surface area contributed by atoms with Gasteiger partial charge in [-0.25, -0.2) is 4.98 Å². The topological polar surface area (TPSA) is 107 Å². The van der Waals surface area contributed by atoms with Gasteiger partial charge in [0.15, 0.2) is 0 Å². The third-order valence-corrected chi connectivity index (χ3v) is 5.29. The Bertz CT molecular complexity index is 1010. The molecule has 1 fully saturated rings. The second-order valence-electron chi connectivity index (χ2n) is 7.49. The van der Waals surface area contributed by atoms with E-state index in [-0.39, 0.29) is 0 Å². The highest BCUT2D eigenvalue weighted by Crippen LogP contribution is 2.28. The Kier molecular flexibility index (Phi) is 5.94. The summed E-state index contributed by atoms with van der Waals surface area (Å²) in [6, 6.07) is 10.2. The molecule has 3 aromatic rings. The number of nitrogens with two attached hydrogens (primary N) is 1. The lowest BCUT2D eigenvalue weighted by Crippen LogP contribution is -2.15. The third kappa shape index (κ3) is 4.77. The second-order valence-corrected chi connectivity index (χ2v) is 7.49. The number of nitrogens with zero attached hydrogens (tertiary/aromatic N) is 3. The summed E-state index contributed by atoms with van der Waals surface area (Å²) in [5.74, 6) is 0.667. The second kappa shape index (κ2) is 8.96. The van der Waals surface area contributed by atoms with Crippen LogP contribution in [0.5, 0.6) is 0 Å². The van der Waals surface area contributed by atoms with E-state index >= 15 is 0 Å². The van der Waals surface area contributed by atoms with Crippen LogP contribution in [0.1, 0.15) is 40.2 Å². The van der Waals surface area contributed by atoms with Crippen LogP contribution in [0.2, 0.25) is 0 Å². The van der Waals surface area contributed by atoms with Gasteiger partial charge in [0, 0.05) is 56.5 Å². The number of aryl methyl sites for hydroxylation is 1. The molecule has 0 bridgehead atoms. The van der Waals surface area contributed by atoms with E-state index in [4.69, 9.17) is 10.5 Å². The van der Waals surface area contributed by atoms with Crippen LogP contribution >= 0.6 is 0 Å². The molecule has 0 radical (unpaired) electrons. The highest BCUT2D eigenvalue weighted by Gasteiger charge is 2.16. The van der Waals surface area contributed by atoms with Crippen molar-refractivity contribution in [3.63, 3.8) is 0 Å². The largest absolute Gasteiger partial charge is 0.381 e. The molecule has 1 aliphatic rings. The first kappa shape index (κ1) is 19.9. The molecule has 8 nitrogen and oxygen atoms in total. The summed E-state index contributed by atoms with van der Waals surface area (Å²) < 4.78 is 7.18. The van der Waals surface area contributed by atoms with Crippen LogP contribution in [-0.4, -0.2) is 33.9 Å². The van der Waals surface area contributed by atoms with E-state index in [1.807, 2.05) is 13.2 Å². The zero-order valence-corrected chi connectivity index (χ0v) is 17.0. The SMILES string of the molecule is Cn1cc(CNc2cc(Nc3ccc(C4CCOCC4)cc3)ncc2C(N)=O)cn1. The van der Waals surface area contributed by atoms with E-state index in [0.29, 0.717) is 29.5 Å². The van der Waals surface area contributed by atoms with Crippen molar-refractivity contribution < 1.29 is 9.53 Å². The maximum absolute atomic E-state index is 11.8. The van der Waals surface area contributed by atoms with Crippen LogP contribution in [0.4, 0.5) is 17.2 Å². The summed E-state index contributed by atoms with van der Waals surface area (Å²) in [7, 11) is 1.86. The summed E-state index contributed by atoms with van der Waals surface area (Å²) in [4.78, 5) is 16.1. The molecule has 30 heavy (non-hydrogen) atoms. The van der Waals surface area contributed by atoms with Gasteiger partial charge in [-0.2, -0.15) is 5.10 Å². The van der Waals surface area contributed by atoms with Crippen LogP contribution in [-0.2, 0) is 18.3 Å². The van der Waals surface area contributed by atoms with Crippen molar-refractivity contribution in [1.82, 2.24) is 14.8 Å². The summed E-state index contributed by atoms with van der Waals surface area (Å²) >= 11 is 0. The number of amides is 1. The Hall–Kier alpha value is -3.39. The minimum absolute atomic E-state index is 0.347. The Balaban J connectivity index is 1.47. The molecule has 156 valence electrons. The van der Waals surface area contributed by atoms with Gasteiger partial charge < -0.3 is 21.1 Å². The zero-order chi connectivity index (χ0) is 20.9. The van der Waals surface area contributed by atoms with Gasteiger partial charge in [0.1, 0.15) is 5.82 Å². The number of carbonyl (C=O) groups is 1. The monoisotopic (exact) mass is 406 g/mol. The fourth-order valence-electron chi connectivity index (χ4n) is 3.64. The average molecular weight is 406 g/mol. The summed E-state index contributed by atoms with van der Waals surface area (Å²) in [5.41, 5.74) is 9.76. The van der Waals surface area contributed by atoms with Gasteiger partial charge in [0.2, 0.25) is 0 Å². The number of primary amides is 1. The molecule has 1 saturated heterocycles. The first-order chi connectivity index (χ1) is 14.6. The molecule has 1 aromatic carbocycles. The minimum Gasteiger partial charge on any atom is -0.381 e. The number of pyridine rings is 1. The highest BCUT2D eigenvalue weighted by atomic mass is 16.5. The van der Waals surface area contributed by atoms with E-state index in [9.17, 15) is 4.79 Å². The predicted molar refractivity (Wildman–Crippen MR) is 116 cm³/mol. The summed E-state index contributed by atoms with van der Waals surface area (Å²) in [6.07, 6.45) is 7.31. The molecule has 0 atom stereocenters. The van der Waals surface area contributed by atoms with Gasteiger partial charge in [-0.05, 0) is 36.5 Å². The van der Waals surface area contributed by atoms with Crippen molar-refractivity contribution in [3.05, 3.63) is 65.6 Å². The van der Waals surface area contributed by atoms with Gasteiger partial charge in [0.25, 0.3) is 5.91 Å². The molecule has 1 amide bonds. The van der Waals surface area contributed by atoms with E-state index in [2.05, 4.69) is 45.0 Å². The number of rotatable bonds is 7. The molecular weight excluding hydrogens is 380 g/mol. The van der Waals surface area contributed by atoms with Gasteiger partial charge in [-0.3, -0.25) is 9.48 Å². The van der Waals surface area contributed by atoms with E-state index < -0.39 is 5.91 Å². The fraction of sp³-hybridized carbons (Fsp3) is 0.318. The number of ether oxygens (including phenoxy) is 1. The number of hydrogen-bond acceptors (Lipinski definition) is 6. The Morgan fingerprint density at radius 1 is 1.23 bits per heavy atom. The van der Waals surface area contributed by atoms with Crippen LogP contribution in [0, 0.1) is 0 Å². The smallest absolute Gasteiger partial charge is 0.252 e. The molecule has 0 aliphatic carbocycles. The van der Waals surface area contributed by atoms with Crippen LogP contribution in [0.15, 0.2) is 48.9 Å². The van der Waals surface area contributed by atoms with Gasteiger partial charge >= 0.3 is 0 Å². The summed E-state index contributed by atoms with van der Waals surface area (Å²) in [6.45, 7) is 2.18. The Morgan fingerprint density at radius 2 is 2.00 bits per heavy atom. The fourth-order valence-corrected chi connectivity index (χ4v) is 3.64. The number of aromatic nitrogens is 3. The van der Waals surface area contributed by atoms with Crippen LogP contribution < -0.4 is 16.4 Å². The molecule has 0 saturated carbocycles. The molecular formula is C22H26N6O2. The van der Waals surface area contributed by atoms with Gasteiger partial charge in [-0.1, -0.05) is 12.1 Å². The van der Waals surface area contributed by atoms with Crippen LogP contribution in [0.25, 0.3) is 0 Å². The first-order valence-electron chi connectivity index (χ1n) is 10.0. The molecule has 4 N–H and O–H groups in total. The standard InChI is InChI=1S/C22H26N6O2/c1-28-14-15(12-26-28)11-24-20-10-21(25-13-19(20)22(23)29)27-18-4-2-16(3-5-18)17-6-8-30-9-7-17/h2-5,10,12-14,17H,6-9,11H2,1H3,(H2,23,29)(H2,24,25,27). The number of benzene rings is 1. The maximum Gasteiger partial charge on any atom is 0.252 e. The van der Waals surface area contributed by atoms with Crippen molar-refractivity contribution in [2.75, 3.05) is 23.8 Å². The molecule has 0 unspecified atom stereocenters. The number of carbonyl (C=O) groups excluding carboxylic acids is 1. The van der Waals surface area contributed by atoms with Crippen molar-refractivity contribution in [2.24, 2.45) is 12.8 Å². The van der Waals surface area contributed by atoms with E-state index in [1.54, 1.807) is 16.9 Å². The highest BCUT2D eigenvalue weighted by molar-refractivity contribution is 5.98. The number of hydrogen-bond donors (Lipinski definition) is 3. The lowest BCUT2D eigenvalue weighted by molar-refractivity contribution is 0.0853. The Morgan fingerprint density at radius 3 is 2.67 bits per heavy atom. The first-order valence-corrected chi connectivity index (χ1v) is 10.0. The molecule has 1 aliphatic heterocycles. The minimum atomic E-state index is -0.524. The maximum atomic E-state index is 11.8. The predicted octanol–water partition coefficient (Wildman–Crippen LogP) is 3.16. The number of anilines is 3. The lowest BCUT2D eigenvalue weighted by Gasteiger charge is -2.22. The molecule has 2 aromatic heterocycles. The summed E-state index contributed by atoms with van der Waals surface area (Å²) in [5, 5.41) is 10.7. The third-order valence-electron chi connectivity index (χ3n) is 5.29. The quantitative estimate of drug-likeness (QED) is 0.556. The van der Waals surface area contributed by atoms with Crippen molar-refractivity contribution in [2.45, 2.75) is 25.3 Å². The molecule has 3 heterocycles.